The van der Waals surface area contributed by atoms with Crippen molar-refractivity contribution in [1.82, 2.24) is 9.78 Å². The number of carbonyl (C=O) groups is 1. The first-order valence-corrected chi connectivity index (χ1v) is 4.32. The van der Waals surface area contributed by atoms with Gasteiger partial charge in [0.1, 0.15) is 5.76 Å². The topological polar surface area (TPSA) is 48.0 Å². The molecule has 2 rings (SSSR count). The standard InChI is InChI=1S/C10H10N2O2/c1-8-4-5-12(11-8)6-9-2-3-10(7-13)14-9/h2-5,7H,6H2,1H3. The van der Waals surface area contributed by atoms with Gasteiger partial charge in [-0.15, -0.1) is 0 Å². The van der Waals surface area contributed by atoms with Crippen LogP contribution in [0.25, 0.3) is 0 Å². The van der Waals surface area contributed by atoms with Gasteiger partial charge in [-0.1, -0.05) is 0 Å². The number of rotatable bonds is 3. The molecule has 72 valence electrons. The second kappa shape index (κ2) is 3.49. The lowest BCUT2D eigenvalue weighted by Gasteiger charge is -1.96. The molecule has 0 fully saturated rings. The van der Waals surface area contributed by atoms with Crippen LogP contribution in [0.15, 0.2) is 28.8 Å². The van der Waals surface area contributed by atoms with Gasteiger partial charge in [-0.3, -0.25) is 9.48 Å². The molecule has 0 aliphatic rings. The summed E-state index contributed by atoms with van der Waals surface area (Å²) in [6.45, 7) is 2.48. The SMILES string of the molecule is Cc1ccn(Cc2ccc(C=O)o2)n1. The molecular formula is C10H10N2O2. The average molecular weight is 190 g/mol. The second-order valence-electron chi connectivity index (χ2n) is 3.08. The minimum atomic E-state index is 0.351. The van der Waals surface area contributed by atoms with Gasteiger partial charge in [0.2, 0.25) is 0 Å². The fourth-order valence-corrected chi connectivity index (χ4v) is 1.25. The molecule has 0 aromatic carbocycles. The third-order valence-electron chi connectivity index (χ3n) is 1.89. The first-order chi connectivity index (χ1) is 6.78. The van der Waals surface area contributed by atoms with Crippen molar-refractivity contribution >= 4 is 6.29 Å². The maximum atomic E-state index is 10.4. The van der Waals surface area contributed by atoms with E-state index in [1.165, 1.54) is 0 Å². The molecule has 2 aromatic heterocycles. The van der Waals surface area contributed by atoms with E-state index < -0.39 is 0 Å². The molecule has 0 aliphatic heterocycles. The summed E-state index contributed by atoms with van der Waals surface area (Å²) in [5.74, 6) is 1.08. The zero-order chi connectivity index (χ0) is 9.97. The molecule has 0 unspecified atom stereocenters. The number of aromatic nitrogens is 2. The molecule has 14 heavy (non-hydrogen) atoms. The van der Waals surface area contributed by atoms with Gasteiger partial charge in [0, 0.05) is 6.20 Å². The summed E-state index contributed by atoms with van der Waals surface area (Å²) in [5, 5.41) is 4.21. The van der Waals surface area contributed by atoms with E-state index in [9.17, 15) is 4.79 Å². The van der Waals surface area contributed by atoms with E-state index in [0.29, 0.717) is 18.6 Å². The van der Waals surface area contributed by atoms with Crippen molar-refractivity contribution in [3.05, 3.63) is 41.6 Å². The van der Waals surface area contributed by atoms with Gasteiger partial charge in [-0.05, 0) is 25.1 Å². The molecule has 2 aromatic rings. The molecule has 0 N–H and O–H groups in total. The highest BCUT2D eigenvalue weighted by molar-refractivity contribution is 5.70. The fraction of sp³-hybridized carbons (Fsp3) is 0.200. The summed E-state index contributed by atoms with van der Waals surface area (Å²) < 4.78 is 6.98. The Balaban J connectivity index is 2.14. The molecule has 0 atom stereocenters. The van der Waals surface area contributed by atoms with Crippen LogP contribution in [0.3, 0.4) is 0 Å². The largest absolute Gasteiger partial charge is 0.456 e. The monoisotopic (exact) mass is 190 g/mol. The molecule has 4 heteroatoms. The maximum Gasteiger partial charge on any atom is 0.185 e. The van der Waals surface area contributed by atoms with Gasteiger partial charge in [0.15, 0.2) is 12.0 Å². The highest BCUT2D eigenvalue weighted by Crippen LogP contribution is 2.07. The molecule has 2 heterocycles. The van der Waals surface area contributed by atoms with Gasteiger partial charge in [0.25, 0.3) is 0 Å². The van der Waals surface area contributed by atoms with Gasteiger partial charge in [-0.25, -0.2) is 0 Å². The highest BCUT2D eigenvalue weighted by Gasteiger charge is 2.02. The third kappa shape index (κ3) is 1.74. The summed E-state index contributed by atoms with van der Waals surface area (Å²) in [6.07, 6.45) is 2.57. The maximum absolute atomic E-state index is 10.4. The van der Waals surface area contributed by atoms with E-state index in [-0.39, 0.29) is 0 Å². The zero-order valence-electron chi connectivity index (χ0n) is 7.80. The summed E-state index contributed by atoms with van der Waals surface area (Å²) in [6, 6.07) is 5.35. The molecule has 0 aliphatic carbocycles. The van der Waals surface area contributed by atoms with Gasteiger partial charge in [-0.2, -0.15) is 5.10 Å². The molecule has 0 saturated carbocycles. The number of aldehydes is 1. The van der Waals surface area contributed by atoms with Crippen molar-refractivity contribution < 1.29 is 9.21 Å². The Morgan fingerprint density at radius 2 is 2.36 bits per heavy atom. The van der Waals surface area contributed by atoms with Crippen molar-refractivity contribution in [1.29, 1.82) is 0 Å². The molecule has 4 nitrogen and oxygen atoms in total. The minimum Gasteiger partial charge on any atom is -0.456 e. The van der Waals surface area contributed by atoms with E-state index >= 15 is 0 Å². The molecule has 0 spiro atoms. The van der Waals surface area contributed by atoms with Gasteiger partial charge < -0.3 is 4.42 Å². The fourth-order valence-electron chi connectivity index (χ4n) is 1.25. The zero-order valence-corrected chi connectivity index (χ0v) is 7.80. The third-order valence-corrected chi connectivity index (χ3v) is 1.89. The van der Waals surface area contributed by atoms with E-state index in [1.54, 1.807) is 16.8 Å². The molecule has 0 saturated heterocycles. The smallest absolute Gasteiger partial charge is 0.185 e. The highest BCUT2D eigenvalue weighted by atomic mass is 16.3. The number of furan rings is 1. The van der Waals surface area contributed by atoms with Crippen molar-refractivity contribution in [2.75, 3.05) is 0 Å². The van der Waals surface area contributed by atoms with Crippen LogP contribution in [-0.2, 0) is 6.54 Å². The number of carbonyl (C=O) groups excluding carboxylic acids is 1. The Hall–Kier alpha value is -1.84. The van der Waals surface area contributed by atoms with E-state index in [4.69, 9.17) is 4.42 Å². The van der Waals surface area contributed by atoms with Crippen LogP contribution in [0.2, 0.25) is 0 Å². The second-order valence-corrected chi connectivity index (χ2v) is 3.08. The molecular weight excluding hydrogens is 180 g/mol. The number of hydrogen-bond donors (Lipinski definition) is 0. The van der Waals surface area contributed by atoms with Crippen LogP contribution in [-0.4, -0.2) is 16.1 Å². The summed E-state index contributed by atoms with van der Waals surface area (Å²) in [7, 11) is 0. The molecule has 0 radical (unpaired) electrons. The number of aryl methyl sites for hydroxylation is 1. The predicted molar refractivity (Wildman–Crippen MR) is 50.2 cm³/mol. The van der Waals surface area contributed by atoms with E-state index in [1.807, 2.05) is 19.2 Å². The Kier molecular flexibility index (Phi) is 2.18. The first kappa shape index (κ1) is 8.74. The lowest BCUT2D eigenvalue weighted by Crippen LogP contribution is -1.98. The Labute approximate surface area is 81.1 Å². The van der Waals surface area contributed by atoms with Crippen molar-refractivity contribution in [3.63, 3.8) is 0 Å². The van der Waals surface area contributed by atoms with Crippen LogP contribution in [0, 0.1) is 6.92 Å². The summed E-state index contributed by atoms with van der Waals surface area (Å²) in [4.78, 5) is 10.4. The van der Waals surface area contributed by atoms with E-state index in [0.717, 1.165) is 11.5 Å². The van der Waals surface area contributed by atoms with Crippen LogP contribution < -0.4 is 0 Å². The Morgan fingerprint density at radius 3 is 2.93 bits per heavy atom. The summed E-state index contributed by atoms with van der Waals surface area (Å²) >= 11 is 0. The Bertz CT molecular complexity index is 442. The predicted octanol–water partition coefficient (Wildman–Crippen LogP) is 1.65. The first-order valence-electron chi connectivity index (χ1n) is 4.32. The van der Waals surface area contributed by atoms with Crippen molar-refractivity contribution in [3.8, 4) is 0 Å². The normalized spacial score (nSPS) is 10.4. The number of nitrogens with zero attached hydrogens (tertiary/aromatic N) is 2. The van der Waals surface area contributed by atoms with Crippen LogP contribution >= 0.6 is 0 Å². The van der Waals surface area contributed by atoms with Crippen molar-refractivity contribution in [2.24, 2.45) is 0 Å². The van der Waals surface area contributed by atoms with Gasteiger partial charge in [0.05, 0.1) is 12.2 Å². The van der Waals surface area contributed by atoms with Gasteiger partial charge >= 0.3 is 0 Å². The summed E-state index contributed by atoms with van der Waals surface area (Å²) in [5.41, 5.74) is 0.965. The Morgan fingerprint density at radius 1 is 1.50 bits per heavy atom. The van der Waals surface area contributed by atoms with Crippen LogP contribution in [0.4, 0.5) is 0 Å². The lowest BCUT2D eigenvalue weighted by molar-refractivity contribution is 0.109. The lowest BCUT2D eigenvalue weighted by atomic mass is 10.4. The number of hydrogen-bond acceptors (Lipinski definition) is 3. The van der Waals surface area contributed by atoms with E-state index in [2.05, 4.69) is 5.10 Å². The minimum absolute atomic E-state index is 0.351. The molecule has 0 bridgehead atoms. The van der Waals surface area contributed by atoms with Crippen LogP contribution in [0.5, 0.6) is 0 Å². The molecule has 0 amide bonds. The van der Waals surface area contributed by atoms with Crippen LogP contribution in [0.1, 0.15) is 22.0 Å². The quantitative estimate of drug-likeness (QED) is 0.691. The van der Waals surface area contributed by atoms with Crippen molar-refractivity contribution in [2.45, 2.75) is 13.5 Å². The average Bonchev–Trinajstić information content (AvgIpc) is 2.76.